The molecule has 3 heterocycles. The van der Waals surface area contributed by atoms with Gasteiger partial charge in [-0.05, 0) is 82.1 Å². The van der Waals surface area contributed by atoms with Crippen LogP contribution in [0.4, 0.5) is 4.79 Å². The van der Waals surface area contributed by atoms with Gasteiger partial charge in [0.2, 0.25) is 5.91 Å². The van der Waals surface area contributed by atoms with Crippen molar-refractivity contribution < 1.29 is 18.8 Å². The molecular weight excluding hydrogens is 480 g/mol. The van der Waals surface area contributed by atoms with Gasteiger partial charge in [-0.3, -0.25) is 4.79 Å². The van der Waals surface area contributed by atoms with Crippen molar-refractivity contribution >= 4 is 31.2 Å². The largest absolute Gasteiger partial charge is 0.443 e. The van der Waals surface area contributed by atoms with Crippen LogP contribution in [-0.4, -0.2) is 48.5 Å². The van der Waals surface area contributed by atoms with E-state index in [0.717, 1.165) is 42.3 Å². The molecule has 1 amide bonds. The van der Waals surface area contributed by atoms with E-state index in [9.17, 15) is 9.59 Å². The molecule has 0 unspecified atom stereocenters. The first-order chi connectivity index (χ1) is 17.2. The van der Waals surface area contributed by atoms with E-state index in [4.69, 9.17) is 9.16 Å². The molecule has 1 aromatic carbocycles. The first-order valence-corrected chi connectivity index (χ1v) is 16.9. The lowest BCUT2D eigenvalue weighted by Crippen LogP contribution is -2.51. The van der Waals surface area contributed by atoms with Crippen LogP contribution in [0.3, 0.4) is 0 Å². The average Bonchev–Trinajstić information content (AvgIpc) is 3.12. The minimum atomic E-state index is -1.86. The standard InChI is InChI=1S/C30H46N2O4Si/c1-10-21-20(16-18-35-37(8,9)30(5,6)7)19-25-26-23(15-17-31(25)27(21)33)22-13-11-12-14-24(22)32(26)28(34)36-29(2,3)4/h11-14,20-21,25H,10,15-19H2,1-9H3/t20-,21+,25-/m0/s1. The number of nitrogens with zero attached hydrogens (tertiary/aromatic N) is 2. The van der Waals surface area contributed by atoms with E-state index < -0.39 is 13.9 Å². The Kier molecular flexibility index (Phi) is 7.45. The van der Waals surface area contributed by atoms with Crippen LogP contribution >= 0.6 is 0 Å². The Morgan fingerprint density at radius 3 is 2.41 bits per heavy atom. The zero-order chi connectivity index (χ0) is 27.3. The molecule has 37 heavy (non-hydrogen) atoms. The monoisotopic (exact) mass is 526 g/mol. The zero-order valence-corrected chi connectivity index (χ0v) is 25.3. The highest BCUT2D eigenvalue weighted by atomic mass is 28.4. The number of hydrogen-bond acceptors (Lipinski definition) is 4. The predicted octanol–water partition coefficient (Wildman–Crippen LogP) is 7.31. The zero-order valence-electron chi connectivity index (χ0n) is 24.3. The second kappa shape index (κ2) is 9.88. The number of carbonyl (C=O) groups excluding carboxylic acids is 2. The number of aromatic nitrogens is 1. The van der Waals surface area contributed by atoms with Crippen LogP contribution in [-0.2, 0) is 20.4 Å². The number of benzene rings is 1. The van der Waals surface area contributed by atoms with Gasteiger partial charge in [-0.15, -0.1) is 0 Å². The third kappa shape index (κ3) is 5.26. The van der Waals surface area contributed by atoms with Gasteiger partial charge in [0.1, 0.15) is 5.60 Å². The molecule has 7 heteroatoms. The van der Waals surface area contributed by atoms with Crippen LogP contribution in [0.2, 0.25) is 18.1 Å². The van der Waals surface area contributed by atoms with Gasteiger partial charge in [-0.25, -0.2) is 9.36 Å². The summed E-state index contributed by atoms with van der Waals surface area (Å²) in [5, 5.41) is 1.24. The maximum Gasteiger partial charge on any atom is 0.419 e. The van der Waals surface area contributed by atoms with E-state index in [-0.39, 0.29) is 34.9 Å². The fraction of sp³-hybridized carbons (Fsp3) is 0.667. The first-order valence-electron chi connectivity index (χ1n) is 14.0. The quantitative estimate of drug-likeness (QED) is 0.383. The van der Waals surface area contributed by atoms with E-state index in [1.807, 2.05) is 43.9 Å². The predicted molar refractivity (Wildman–Crippen MR) is 151 cm³/mol. The van der Waals surface area contributed by atoms with Crippen molar-refractivity contribution in [2.75, 3.05) is 13.2 Å². The Morgan fingerprint density at radius 1 is 1.11 bits per heavy atom. The number of rotatable bonds is 5. The molecule has 0 spiro atoms. The van der Waals surface area contributed by atoms with Gasteiger partial charge < -0.3 is 14.1 Å². The van der Waals surface area contributed by atoms with Crippen molar-refractivity contribution in [1.29, 1.82) is 0 Å². The van der Waals surface area contributed by atoms with Crippen molar-refractivity contribution in [2.24, 2.45) is 11.8 Å². The van der Waals surface area contributed by atoms with Crippen LogP contribution in [0.5, 0.6) is 0 Å². The van der Waals surface area contributed by atoms with Crippen molar-refractivity contribution in [3.63, 3.8) is 0 Å². The van der Waals surface area contributed by atoms with Gasteiger partial charge in [0.05, 0.1) is 17.3 Å². The SMILES string of the molecule is CC[C@H]1C(=O)N2CCc3c(n(C(=O)OC(C)(C)C)c4ccccc34)[C@@H]2C[C@@H]1CCO[Si](C)(C)C(C)(C)C. The molecule has 1 aromatic heterocycles. The highest BCUT2D eigenvalue weighted by Gasteiger charge is 2.46. The lowest BCUT2D eigenvalue weighted by molar-refractivity contribution is -0.147. The fourth-order valence-electron chi connectivity index (χ4n) is 5.86. The molecule has 2 aliphatic heterocycles. The maximum atomic E-state index is 13.8. The van der Waals surface area contributed by atoms with E-state index in [0.29, 0.717) is 13.2 Å². The van der Waals surface area contributed by atoms with Crippen molar-refractivity contribution in [3.8, 4) is 0 Å². The lowest BCUT2D eigenvalue weighted by atomic mass is 9.75. The second-order valence-electron chi connectivity index (χ2n) is 13.4. The molecule has 0 saturated carbocycles. The third-order valence-corrected chi connectivity index (χ3v) is 13.3. The summed E-state index contributed by atoms with van der Waals surface area (Å²) in [6.45, 7) is 20.5. The summed E-state index contributed by atoms with van der Waals surface area (Å²) in [5.41, 5.74) is 2.39. The number of hydrogen-bond donors (Lipinski definition) is 0. The Hall–Kier alpha value is -2.12. The van der Waals surface area contributed by atoms with Gasteiger partial charge in [0.15, 0.2) is 8.32 Å². The summed E-state index contributed by atoms with van der Waals surface area (Å²) in [7, 11) is -1.86. The van der Waals surface area contributed by atoms with Crippen LogP contribution in [0.25, 0.3) is 10.9 Å². The normalized spacial score (nSPS) is 22.7. The topological polar surface area (TPSA) is 60.8 Å². The average molecular weight is 527 g/mol. The highest BCUT2D eigenvalue weighted by molar-refractivity contribution is 6.74. The lowest BCUT2D eigenvalue weighted by Gasteiger charge is -2.46. The summed E-state index contributed by atoms with van der Waals surface area (Å²) in [4.78, 5) is 29.4. The summed E-state index contributed by atoms with van der Waals surface area (Å²) < 4.78 is 14.2. The summed E-state index contributed by atoms with van der Waals surface area (Å²) in [6.07, 6.45) is 2.92. The number of piperidine rings is 1. The van der Waals surface area contributed by atoms with Crippen molar-refractivity contribution in [2.45, 2.75) is 104 Å². The molecule has 2 aliphatic rings. The molecule has 1 saturated heterocycles. The van der Waals surface area contributed by atoms with Gasteiger partial charge >= 0.3 is 6.09 Å². The van der Waals surface area contributed by atoms with Gasteiger partial charge in [-0.2, -0.15) is 0 Å². The van der Waals surface area contributed by atoms with Crippen LogP contribution < -0.4 is 0 Å². The minimum absolute atomic E-state index is 0.000158. The van der Waals surface area contributed by atoms with Gasteiger partial charge in [-0.1, -0.05) is 45.9 Å². The van der Waals surface area contributed by atoms with Gasteiger partial charge in [0, 0.05) is 24.5 Å². The molecule has 0 aliphatic carbocycles. The Labute approximate surface area is 223 Å². The molecule has 1 fully saturated rings. The third-order valence-electron chi connectivity index (χ3n) is 8.78. The molecule has 3 atom stereocenters. The van der Waals surface area contributed by atoms with Crippen LogP contribution in [0, 0.1) is 11.8 Å². The number of fused-ring (bicyclic) bond motifs is 5. The minimum Gasteiger partial charge on any atom is -0.443 e. The molecule has 6 nitrogen and oxygen atoms in total. The van der Waals surface area contributed by atoms with E-state index in [2.05, 4.69) is 46.9 Å². The summed E-state index contributed by atoms with van der Waals surface area (Å²) in [5.74, 6) is 0.447. The van der Waals surface area contributed by atoms with Gasteiger partial charge in [0.25, 0.3) is 0 Å². The molecule has 2 aromatic rings. The number of para-hydroxylation sites is 1. The summed E-state index contributed by atoms with van der Waals surface area (Å²) >= 11 is 0. The number of carbonyl (C=O) groups is 2. The Morgan fingerprint density at radius 2 is 1.78 bits per heavy atom. The summed E-state index contributed by atoms with van der Waals surface area (Å²) in [6, 6.07) is 7.94. The maximum absolute atomic E-state index is 13.8. The molecule has 0 N–H and O–H groups in total. The molecule has 204 valence electrons. The molecule has 4 rings (SSSR count). The van der Waals surface area contributed by atoms with Crippen molar-refractivity contribution in [3.05, 3.63) is 35.5 Å². The highest BCUT2D eigenvalue weighted by Crippen LogP contribution is 2.47. The van der Waals surface area contributed by atoms with E-state index in [1.165, 1.54) is 5.56 Å². The fourth-order valence-corrected chi connectivity index (χ4v) is 6.92. The second-order valence-corrected chi connectivity index (χ2v) is 18.2. The molecule has 0 bridgehead atoms. The molecular formula is C30H46N2O4Si. The van der Waals surface area contributed by atoms with E-state index in [1.54, 1.807) is 4.57 Å². The first kappa shape index (κ1) is 27.9. The van der Waals surface area contributed by atoms with E-state index >= 15 is 0 Å². The molecule has 0 radical (unpaired) electrons. The van der Waals surface area contributed by atoms with Crippen LogP contribution in [0.15, 0.2) is 24.3 Å². The van der Waals surface area contributed by atoms with Crippen LogP contribution in [0.1, 0.15) is 85.0 Å². The Bertz CT molecular complexity index is 1170. The smallest absolute Gasteiger partial charge is 0.419 e. The number of ether oxygens (including phenoxy) is 1. The van der Waals surface area contributed by atoms with Crippen molar-refractivity contribution in [1.82, 2.24) is 9.47 Å². The number of amides is 1. The Balaban J connectivity index is 1.70.